The van der Waals surface area contributed by atoms with E-state index in [1.54, 1.807) is 28.8 Å². The molecule has 0 aliphatic rings. The first-order valence-corrected chi connectivity index (χ1v) is 16.5. The third-order valence-electron chi connectivity index (χ3n) is 9.63. The lowest BCUT2D eigenvalue weighted by molar-refractivity contribution is 0.668. The van der Waals surface area contributed by atoms with Gasteiger partial charge in [-0.05, 0) is 88.9 Å². The average molecular weight is 662 g/mol. The van der Waals surface area contributed by atoms with Crippen LogP contribution >= 0.6 is 0 Å². The summed E-state index contributed by atoms with van der Waals surface area (Å²) in [5.74, 6) is 0. The van der Waals surface area contributed by atoms with Gasteiger partial charge in [-0.3, -0.25) is 0 Å². The summed E-state index contributed by atoms with van der Waals surface area (Å²) in [6.45, 7) is 0. The van der Waals surface area contributed by atoms with Crippen molar-refractivity contribution in [1.29, 1.82) is 0 Å². The van der Waals surface area contributed by atoms with Gasteiger partial charge >= 0.3 is 0 Å². The number of hydrogen-bond donors (Lipinski definition) is 0. The van der Waals surface area contributed by atoms with Crippen molar-refractivity contribution in [3.05, 3.63) is 182 Å². The highest BCUT2D eigenvalue weighted by atomic mass is 16.3. The van der Waals surface area contributed by atoms with Gasteiger partial charge < -0.3 is 13.6 Å². The summed E-state index contributed by atoms with van der Waals surface area (Å²) < 4.78 is 109. The second-order valence-electron chi connectivity index (χ2n) is 12.4. The Kier molecular flexibility index (Phi) is 4.11. The Labute approximate surface area is 309 Å². The van der Waals surface area contributed by atoms with Gasteiger partial charge in [-0.25, -0.2) is 0 Å². The molecule has 0 saturated heterocycles. The number of aromatic nitrogens is 2. The Bertz CT molecular complexity index is 3750. The van der Waals surface area contributed by atoms with Crippen LogP contribution in [-0.2, 0) is 0 Å². The number of rotatable bonds is 4. The van der Waals surface area contributed by atoms with E-state index < -0.39 is 18.1 Å². The molecule has 8 aromatic carbocycles. The number of furan rings is 1. The van der Waals surface area contributed by atoms with Gasteiger partial charge in [-0.1, -0.05) is 109 Å². The van der Waals surface area contributed by atoms with E-state index in [2.05, 4.69) is 0 Å². The summed E-state index contributed by atoms with van der Waals surface area (Å²) in [5, 5.41) is 3.26. The standard InChI is InChI=1S/C48H30N2O/c1-3-12-31(13-4-1)36-18-11-21-46-48(36)39-25-24-35(30-47(39)51-46)50-43-20-10-8-17-38(43)41-29-33(23-27-45(41)50)32-22-26-44-40(28-32)37-16-7-9-19-42(37)49(44)34-14-5-2-6-15-34/h1-30H/i1D,3D,4D,12D,13D,22D,23D,26D,27D,28D,29D. The molecule has 0 bridgehead atoms. The molecule has 0 amide bonds. The van der Waals surface area contributed by atoms with Crippen molar-refractivity contribution in [2.45, 2.75) is 0 Å². The zero-order chi connectivity index (χ0) is 43.0. The maximum absolute atomic E-state index is 9.80. The Hall–Kier alpha value is -6.84. The second kappa shape index (κ2) is 10.8. The van der Waals surface area contributed by atoms with E-state index in [1.807, 2.05) is 95.6 Å². The van der Waals surface area contributed by atoms with Crippen LogP contribution in [0.25, 0.3) is 99.2 Å². The van der Waals surface area contributed by atoms with Crippen molar-refractivity contribution in [2.24, 2.45) is 0 Å². The summed E-state index contributed by atoms with van der Waals surface area (Å²) in [7, 11) is 0. The maximum atomic E-state index is 9.80. The lowest BCUT2D eigenvalue weighted by atomic mass is 9.99. The van der Waals surface area contributed by atoms with Gasteiger partial charge in [0.1, 0.15) is 11.2 Å². The Morgan fingerprint density at radius 1 is 0.412 bits per heavy atom. The molecular formula is C48H30N2O. The van der Waals surface area contributed by atoms with E-state index in [1.165, 1.54) is 0 Å². The van der Waals surface area contributed by atoms with Crippen LogP contribution in [-0.4, -0.2) is 9.13 Å². The van der Waals surface area contributed by atoms with E-state index in [4.69, 9.17) is 11.3 Å². The largest absolute Gasteiger partial charge is 0.456 e. The topological polar surface area (TPSA) is 23.0 Å². The first-order valence-electron chi connectivity index (χ1n) is 22.0. The molecule has 3 heteroatoms. The molecule has 0 atom stereocenters. The molecule has 0 fully saturated rings. The second-order valence-corrected chi connectivity index (χ2v) is 12.4. The first kappa shape index (κ1) is 19.4. The van der Waals surface area contributed by atoms with E-state index >= 15 is 0 Å². The molecule has 51 heavy (non-hydrogen) atoms. The number of fused-ring (bicyclic) bond motifs is 9. The van der Waals surface area contributed by atoms with Crippen LogP contribution in [0.4, 0.5) is 0 Å². The van der Waals surface area contributed by atoms with E-state index in [0.717, 1.165) is 11.2 Å². The fraction of sp³-hybridized carbons (Fsp3) is 0. The highest BCUT2D eigenvalue weighted by Crippen LogP contribution is 2.41. The van der Waals surface area contributed by atoms with Gasteiger partial charge in [0, 0.05) is 49.8 Å². The third kappa shape index (κ3) is 4.19. The summed E-state index contributed by atoms with van der Waals surface area (Å²) in [6.07, 6.45) is 0. The number of benzene rings is 8. The van der Waals surface area contributed by atoms with Crippen molar-refractivity contribution in [3.63, 3.8) is 0 Å². The van der Waals surface area contributed by atoms with E-state index in [0.29, 0.717) is 65.8 Å². The minimum atomic E-state index is -0.481. The van der Waals surface area contributed by atoms with Crippen molar-refractivity contribution >= 4 is 65.6 Å². The molecule has 0 aliphatic heterocycles. The normalized spacial score (nSPS) is 14.9. The molecular weight excluding hydrogens is 621 g/mol. The smallest absolute Gasteiger partial charge is 0.137 e. The van der Waals surface area contributed by atoms with Gasteiger partial charge in [0.05, 0.1) is 37.1 Å². The SMILES string of the molecule is [2H]c1c([2H])c([2H])c(-c2cccc3oc4cc(-n5c6ccccc6c6c([2H])c(-c7c([2H])c([2H])c8c(c7[2H])c7ccccc7n8-c7ccccc7)c([2H])c([2H])c65)ccc4c23)c([2H])c1[2H]. The minimum Gasteiger partial charge on any atom is -0.456 e. The van der Waals surface area contributed by atoms with Crippen LogP contribution in [0.2, 0.25) is 0 Å². The zero-order valence-corrected chi connectivity index (χ0v) is 26.8. The first-order chi connectivity index (χ1) is 29.9. The Morgan fingerprint density at radius 2 is 1.04 bits per heavy atom. The van der Waals surface area contributed by atoms with Gasteiger partial charge in [0.25, 0.3) is 0 Å². The van der Waals surface area contributed by atoms with Crippen LogP contribution in [0, 0.1) is 0 Å². The van der Waals surface area contributed by atoms with E-state index in [9.17, 15) is 8.22 Å². The fourth-order valence-corrected chi connectivity index (χ4v) is 7.44. The minimum absolute atomic E-state index is 0.0562. The van der Waals surface area contributed by atoms with Crippen molar-refractivity contribution < 1.29 is 19.5 Å². The fourth-order valence-electron chi connectivity index (χ4n) is 7.44. The van der Waals surface area contributed by atoms with Crippen LogP contribution in [0.3, 0.4) is 0 Å². The molecule has 0 saturated carbocycles. The van der Waals surface area contributed by atoms with E-state index in [-0.39, 0.29) is 70.5 Å². The summed E-state index contributed by atoms with van der Waals surface area (Å²) >= 11 is 0. The van der Waals surface area contributed by atoms with Gasteiger partial charge in [-0.15, -0.1) is 0 Å². The summed E-state index contributed by atoms with van der Waals surface area (Å²) in [4.78, 5) is 0. The molecule has 0 spiro atoms. The number of para-hydroxylation sites is 3. The zero-order valence-electron chi connectivity index (χ0n) is 37.8. The molecule has 0 radical (unpaired) electrons. The Morgan fingerprint density at radius 3 is 1.73 bits per heavy atom. The summed E-state index contributed by atoms with van der Waals surface area (Å²) in [5.41, 5.74) is 4.55. The molecule has 11 rings (SSSR count). The van der Waals surface area contributed by atoms with Crippen molar-refractivity contribution in [3.8, 4) is 33.6 Å². The summed E-state index contributed by atoms with van der Waals surface area (Å²) in [6, 6.07) is 31.6. The molecule has 11 aromatic rings. The molecule has 3 nitrogen and oxygen atoms in total. The van der Waals surface area contributed by atoms with Crippen LogP contribution < -0.4 is 0 Å². The highest BCUT2D eigenvalue weighted by molar-refractivity contribution is 6.15. The van der Waals surface area contributed by atoms with Crippen LogP contribution in [0.15, 0.2) is 186 Å². The molecule has 0 N–H and O–H groups in total. The van der Waals surface area contributed by atoms with Crippen LogP contribution in [0.5, 0.6) is 0 Å². The predicted molar refractivity (Wildman–Crippen MR) is 213 cm³/mol. The van der Waals surface area contributed by atoms with Gasteiger partial charge in [-0.2, -0.15) is 0 Å². The van der Waals surface area contributed by atoms with Gasteiger partial charge in [0.15, 0.2) is 0 Å². The maximum Gasteiger partial charge on any atom is 0.137 e. The van der Waals surface area contributed by atoms with Crippen LogP contribution in [0.1, 0.15) is 15.1 Å². The van der Waals surface area contributed by atoms with Crippen molar-refractivity contribution in [1.82, 2.24) is 9.13 Å². The molecule has 0 aliphatic carbocycles. The molecule has 3 aromatic heterocycles. The third-order valence-corrected chi connectivity index (χ3v) is 9.63. The molecule has 0 unspecified atom stereocenters. The highest BCUT2D eigenvalue weighted by Gasteiger charge is 2.18. The lowest BCUT2D eigenvalue weighted by Crippen LogP contribution is -1.93. The number of hydrogen-bond acceptors (Lipinski definition) is 1. The lowest BCUT2D eigenvalue weighted by Gasteiger charge is -2.09. The Balaban J connectivity index is 1.16. The molecule has 3 heterocycles. The molecule has 238 valence electrons. The predicted octanol–water partition coefficient (Wildman–Crippen LogP) is 13.1. The quantitative estimate of drug-likeness (QED) is 0.184. The van der Waals surface area contributed by atoms with Crippen molar-refractivity contribution in [2.75, 3.05) is 0 Å². The average Bonchev–Trinajstić information content (AvgIpc) is 3.96. The number of nitrogens with zero attached hydrogens (tertiary/aromatic N) is 2. The monoisotopic (exact) mass is 661 g/mol. The van der Waals surface area contributed by atoms with Gasteiger partial charge in [0.2, 0.25) is 0 Å².